The van der Waals surface area contributed by atoms with Crippen molar-refractivity contribution >= 4 is 40.0 Å². The van der Waals surface area contributed by atoms with Crippen molar-refractivity contribution in [2.24, 2.45) is 0 Å². The molecule has 1 fully saturated rings. The van der Waals surface area contributed by atoms with Gasteiger partial charge in [-0.25, -0.2) is 0 Å². The summed E-state index contributed by atoms with van der Waals surface area (Å²) in [5.74, 6) is 0.436. The largest absolute Gasteiger partial charge is 0.341 e. The second kappa shape index (κ2) is 9.05. The summed E-state index contributed by atoms with van der Waals surface area (Å²) in [5, 5.41) is 9.00. The molecule has 0 spiro atoms. The molecule has 1 aliphatic carbocycles. The summed E-state index contributed by atoms with van der Waals surface area (Å²) in [6.45, 7) is 6.59. The van der Waals surface area contributed by atoms with E-state index in [2.05, 4.69) is 42.2 Å². The second-order valence-electron chi connectivity index (χ2n) is 7.17. The van der Waals surface area contributed by atoms with Crippen LogP contribution in [0.5, 0.6) is 0 Å². The fraction of sp³-hybridized carbons (Fsp3) is 0.500. The molecule has 1 aliphatic rings. The molecule has 28 heavy (non-hydrogen) atoms. The summed E-state index contributed by atoms with van der Waals surface area (Å²) >= 11 is 2.77. The maximum Gasteiger partial charge on any atom is 0.233 e. The zero-order valence-corrected chi connectivity index (χ0v) is 18.4. The van der Waals surface area contributed by atoms with Gasteiger partial charge in [0.1, 0.15) is 0 Å². The highest BCUT2D eigenvalue weighted by atomic mass is 32.2. The molecule has 0 N–H and O–H groups in total. The van der Waals surface area contributed by atoms with Gasteiger partial charge < -0.3 is 4.90 Å². The zero-order chi connectivity index (χ0) is 20.3. The van der Waals surface area contributed by atoms with Crippen molar-refractivity contribution in [3.8, 4) is 0 Å². The van der Waals surface area contributed by atoms with Crippen molar-refractivity contribution in [1.82, 2.24) is 15.1 Å². The first-order valence-electron chi connectivity index (χ1n) is 9.47. The third-order valence-electron chi connectivity index (χ3n) is 4.74. The third-order valence-corrected chi connectivity index (χ3v) is 6.78. The van der Waals surface area contributed by atoms with Crippen LogP contribution in [0.15, 0.2) is 22.5 Å². The van der Waals surface area contributed by atoms with Crippen LogP contribution in [0.4, 0.5) is 5.13 Å². The van der Waals surface area contributed by atoms with Gasteiger partial charge in [0.05, 0.1) is 5.75 Å². The van der Waals surface area contributed by atoms with Gasteiger partial charge in [-0.1, -0.05) is 53.8 Å². The van der Waals surface area contributed by atoms with Crippen molar-refractivity contribution < 1.29 is 9.59 Å². The Labute approximate surface area is 174 Å². The molecular weight excluding hydrogens is 392 g/mol. The van der Waals surface area contributed by atoms with Gasteiger partial charge in [-0.2, -0.15) is 0 Å². The van der Waals surface area contributed by atoms with Crippen LogP contribution < -0.4 is 4.90 Å². The first-order valence-corrected chi connectivity index (χ1v) is 11.3. The van der Waals surface area contributed by atoms with E-state index in [1.807, 2.05) is 14.0 Å². The Balaban J connectivity index is 1.55. The highest BCUT2D eigenvalue weighted by Gasteiger charge is 2.35. The number of rotatable bonds is 8. The maximum absolute atomic E-state index is 12.5. The number of nitrogens with zero attached hydrogens (tertiary/aromatic N) is 4. The number of carbonyl (C=O) groups is 2. The lowest BCUT2D eigenvalue weighted by atomic mass is 10.1. The Bertz CT molecular complexity index is 864. The maximum atomic E-state index is 12.5. The molecule has 0 bridgehead atoms. The molecule has 0 unspecified atom stereocenters. The number of hydrogen-bond donors (Lipinski definition) is 0. The van der Waals surface area contributed by atoms with Gasteiger partial charge in [0.15, 0.2) is 4.34 Å². The molecule has 0 saturated heterocycles. The Kier molecular flexibility index (Phi) is 6.72. The minimum Gasteiger partial charge on any atom is -0.341 e. The van der Waals surface area contributed by atoms with Gasteiger partial charge >= 0.3 is 0 Å². The molecule has 3 rings (SSSR count). The van der Waals surface area contributed by atoms with Crippen LogP contribution >= 0.6 is 23.1 Å². The first kappa shape index (κ1) is 20.8. The van der Waals surface area contributed by atoms with Crippen LogP contribution in [0.3, 0.4) is 0 Å². The standard InChI is InChI=1S/C20H26N4O2S2/c1-5-17(25)24(16-8-9-16)19-21-22-20(28-19)27-12-18(26)23(4)11-15-7-6-13(2)10-14(15)3/h6-7,10,16H,5,8-9,11-12H2,1-4H3. The summed E-state index contributed by atoms with van der Waals surface area (Å²) in [7, 11) is 1.82. The highest BCUT2D eigenvalue weighted by Crippen LogP contribution is 2.36. The average Bonchev–Trinajstić information content (AvgIpc) is 3.39. The molecular formula is C20H26N4O2S2. The van der Waals surface area contributed by atoms with E-state index in [1.54, 1.807) is 9.80 Å². The monoisotopic (exact) mass is 418 g/mol. The fourth-order valence-electron chi connectivity index (χ4n) is 2.93. The molecule has 1 saturated carbocycles. The van der Waals surface area contributed by atoms with Gasteiger partial charge in [0, 0.05) is 26.1 Å². The smallest absolute Gasteiger partial charge is 0.233 e. The number of amides is 2. The first-order chi connectivity index (χ1) is 13.4. The Morgan fingerprint density at radius 1 is 1.21 bits per heavy atom. The number of aryl methyl sites for hydroxylation is 2. The van der Waals surface area contributed by atoms with Gasteiger partial charge in [-0.3, -0.25) is 14.5 Å². The van der Waals surface area contributed by atoms with E-state index < -0.39 is 0 Å². The number of carbonyl (C=O) groups excluding carboxylic acids is 2. The molecule has 1 aromatic heterocycles. The van der Waals surface area contributed by atoms with E-state index in [9.17, 15) is 9.59 Å². The van der Waals surface area contributed by atoms with Crippen molar-refractivity contribution in [3.05, 3.63) is 34.9 Å². The lowest BCUT2D eigenvalue weighted by molar-refractivity contribution is -0.127. The lowest BCUT2D eigenvalue weighted by Gasteiger charge is -2.18. The second-order valence-corrected chi connectivity index (χ2v) is 9.35. The summed E-state index contributed by atoms with van der Waals surface area (Å²) in [5.41, 5.74) is 3.57. The van der Waals surface area contributed by atoms with Gasteiger partial charge in [-0.05, 0) is 37.8 Å². The minimum absolute atomic E-state index is 0.0467. The quantitative estimate of drug-likeness (QED) is 0.482. The predicted octanol–water partition coefficient (Wildman–Crippen LogP) is 3.81. The van der Waals surface area contributed by atoms with Crippen molar-refractivity contribution in [2.75, 3.05) is 17.7 Å². The zero-order valence-electron chi connectivity index (χ0n) is 16.8. The summed E-state index contributed by atoms with van der Waals surface area (Å²) in [4.78, 5) is 28.2. The minimum atomic E-state index is 0.0467. The van der Waals surface area contributed by atoms with E-state index in [1.165, 1.54) is 34.2 Å². The molecule has 6 nitrogen and oxygen atoms in total. The van der Waals surface area contributed by atoms with Crippen LogP contribution in [-0.2, 0) is 16.1 Å². The predicted molar refractivity (Wildman–Crippen MR) is 114 cm³/mol. The molecule has 1 heterocycles. The summed E-state index contributed by atoms with van der Waals surface area (Å²) in [6, 6.07) is 6.55. The topological polar surface area (TPSA) is 66.4 Å². The number of hydrogen-bond acceptors (Lipinski definition) is 6. The van der Waals surface area contributed by atoms with E-state index in [0.29, 0.717) is 23.8 Å². The van der Waals surface area contributed by atoms with Crippen LogP contribution in [0, 0.1) is 13.8 Å². The van der Waals surface area contributed by atoms with Crippen molar-refractivity contribution in [2.45, 2.75) is 57.0 Å². The Morgan fingerprint density at radius 2 is 1.96 bits per heavy atom. The molecule has 0 atom stereocenters. The fourth-order valence-corrected chi connectivity index (χ4v) is 4.80. The van der Waals surface area contributed by atoms with Gasteiger partial charge in [-0.15, -0.1) is 10.2 Å². The highest BCUT2D eigenvalue weighted by molar-refractivity contribution is 8.01. The number of aromatic nitrogens is 2. The third kappa shape index (κ3) is 5.11. The van der Waals surface area contributed by atoms with Crippen LogP contribution in [0.25, 0.3) is 0 Å². The Hall–Kier alpha value is -1.93. The van der Waals surface area contributed by atoms with Gasteiger partial charge in [0.25, 0.3) is 0 Å². The summed E-state index contributed by atoms with van der Waals surface area (Å²) in [6.07, 6.45) is 2.51. The molecule has 1 aromatic carbocycles. The van der Waals surface area contributed by atoms with Crippen molar-refractivity contribution in [1.29, 1.82) is 0 Å². The molecule has 2 aromatic rings. The van der Waals surface area contributed by atoms with E-state index >= 15 is 0 Å². The number of benzene rings is 1. The molecule has 0 aliphatic heterocycles. The SMILES string of the molecule is CCC(=O)N(c1nnc(SCC(=O)N(C)Cc2ccc(C)cc2C)s1)C1CC1. The van der Waals surface area contributed by atoms with Crippen LogP contribution in [0.1, 0.15) is 42.9 Å². The molecule has 2 amide bonds. The number of thioether (sulfide) groups is 1. The number of anilines is 1. The van der Waals surface area contributed by atoms with Crippen molar-refractivity contribution in [3.63, 3.8) is 0 Å². The lowest BCUT2D eigenvalue weighted by Crippen LogP contribution is -2.32. The van der Waals surface area contributed by atoms with E-state index in [-0.39, 0.29) is 17.9 Å². The molecule has 8 heteroatoms. The molecule has 0 radical (unpaired) electrons. The van der Waals surface area contributed by atoms with Gasteiger partial charge in [0.2, 0.25) is 16.9 Å². The van der Waals surface area contributed by atoms with Crippen LogP contribution in [-0.4, -0.2) is 45.8 Å². The van der Waals surface area contributed by atoms with E-state index in [0.717, 1.165) is 22.7 Å². The Morgan fingerprint density at radius 3 is 2.61 bits per heavy atom. The average molecular weight is 419 g/mol. The molecule has 150 valence electrons. The normalized spacial score (nSPS) is 13.4. The van der Waals surface area contributed by atoms with E-state index in [4.69, 9.17) is 0 Å². The van der Waals surface area contributed by atoms with Crippen LogP contribution in [0.2, 0.25) is 0 Å². The summed E-state index contributed by atoms with van der Waals surface area (Å²) < 4.78 is 0.720.